The van der Waals surface area contributed by atoms with Crippen molar-refractivity contribution in [2.24, 2.45) is 0 Å². The summed E-state index contributed by atoms with van der Waals surface area (Å²) in [4.78, 5) is 14.9. The van der Waals surface area contributed by atoms with E-state index in [1.54, 1.807) is 0 Å². The summed E-state index contributed by atoms with van der Waals surface area (Å²) in [5.41, 5.74) is -0.981. The third kappa shape index (κ3) is 4.09. The van der Waals surface area contributed by atoms with Gasteiger partial charge in [0.25, 0.3) is 0 Å². The summed E-state index contributed by atoms with van der Waals surface area (Å²) < 4.78 is 37.0. The molecule has 0 bridgehead atoms. The van der Waals surface area contributed by atoms with Crippen LogP contribution in [0.3, 0.4) is 0 Å². The summed E-state index contributed by atoms with van der Waals surface area (Å²) in [6.45, 7) is 0. The van der Waals surface area contributed by atoms with Gasteiger partial charge in [-0.25, -0.2) is 9.78 Å². The molecule has 0 aromatic carbocycles. The molecular formula is C11H14F3N3OS. The van der Waals surface area contributed by atoms with Crippen LogP contribution in [0.4, 0.5) is 23.1 Å². The van der Waals surface area contributed by atoms with Crippen molar-refractivity contribution in [1.82, 2.24) is 10.3 Å². The van der Waals surface area contributed by atoms with Crippen LogP contribution in [0.5, 0.6) is 0 Å². The maximum Gasteiger partial charge on any atom is 0.434 e. The predicted octanol–water partition coefficient (Wildman–Crippen LogP) is 3.62. The molecule has 0 spiro atoms. The monoisotopic (exact) mass is 293 g/mol. The van der Waals surface area contributed by atoms with Gasteiger partial charge in [-0.3, -0.25) is 5.32 Å². The van der Waals surface area contributed by atoms with E-state index in [1.807, 2.05) is 0 Å². The summed E-state index contributed by atoms with van der Waals surface area (Å²) in [6.07, 6.45) is 0.663. The van der Waals surface area contributed by atoms with Gasteiger partial charge in [-0.05, 0) is 12.8 Å². The number of carbonyl (C=O) groups excluding carboxylic acids is 1. The number of rotatable bonds is 2. The van der Waals surface area contributed by atoms with Crippen molar-refractivity contribution in [3.05, 3.63) is 11.1 Å². The van der Waals surface area contributed by atoms with E-state index in [-0.39, 0.29) is 11.2 Å². The predicted molar refractivity (Wildman–Crippen MR) is 66.1 cm³/mol. The Balaban J connectivity index is 1.86. The van der Waals surface area contributed by atoms with Crippen LogP contribution in [0.15, 0.2) is 5.38 Å². The molecule has 8 heteroatoms. The van der Waals surface area contributed by atoms with E-state index in [4.69, 9.17) is 0 Å². The number of aromatic nitrogens is 1. The van der Waals surface area contributed by atoms with Gasteiger partial charge in [0.05, 0.1) is 0 Å². The first kappa shape index (κ1) is 14.1. The summed E-state index contributed by atoms with van der Waals surface area (Å²) in [7, 11) is 0. The summed E-state index contributed by atoms with van der Waals surface area (Å²) in [6, 6.07) is -0.384. The largest absolute Gasteiger partial charge is 0.434 e. The van der Waals surface area contributed by atoms with Crippen molar-refractivity contribution in [1.29, 1.82) is 0 Å². The summed E-state index contributed by atoms with van der Waals surface area (Å²) in [5.74, 6) is 0. The number of nitrogens with zero attached hydrogens (tertiary/aromatic N) is 1. The first-order valence-corrected chi connectivity index (χ1v) is 6.93. The molecule has 1 aliphatic carbocycles. The van der Waals surface area contributed by atoms with Crippen LogP contribution in [-0.4, -0.2) is 17.1 Å². The zero-order valence-electron chi connectivity index (χ0n) is 10.1. The fourth-order valence-electron chi connectivity index (χ4n) is 2.03. The van der Waals surface area contributed by atoms with E-state index in [0.717, 1.165) is 42.4 Å². The van der Waals surface area contributed by atoms with E-state index >= 15 is 0 Å². The third-order valence-electron chi connectivity index (χ3n) is 2.96. The number of alkyl halides is 3. The van der Waals surface area contributed by atoms with Gasteiger partial charge in [-0.2, -0.15) is 13.2 Å². The normalized spacial score (nSPS) is 17.2. The summed E-state index contributed by atoms with van der Waals surface area (Å²) >= 11 is 0.764. The van der Waals surface area contributed by atoms with Crippen molar-refractivity contribution in [3.8, 4) is 0 Å². The molecule has 0 unspecified atom stereocenters. The second-order valence-electron chi connectivity index (χ2n) is 4.47. The Morgan fingerprint density at radius 1 is 1.32 bits per heavy atom. The number of thiazole rings is 1. The van der Waals surface area contributed by atoms with Crippen LogP contribution >= 0.6 is 11.3 Å². The van der Waals surface area contributed by atoms with E-state index in [0.29, 0.717) is 0 Å². The van der Waals surface area contributed by atoms with Crippen LogP contribution in [0, 0.1) is 0 Å². The standard InChI is InChI=1S/C11H14F3N3OS/c12-11(13,14)8-6-19-10(16-8)17-9(18)15-7-4-2-1-3-5-7/h6-7H,1-5H2,(H2,15,16,17,18). The molecule has 0 aliphatic heterocycles. The molecule has 1 aromatic rings. The van der Waals surface area contributed by atoms with E-state index in [2.05, 4.69) is 15.6 Å². The zero-order chi connectivity index (χ0) is 13.9. The Hall–Kier alpha value is -1.31. The smallest absolute Gasteiger partial charge is 0.335 e. The van der Waals surface area contributed by atoms with Gasteiger partial charge >= 0.3 is 12.2 Å². The van der Waals surface area contributed by atoms with E-state index in [9.17, 15) is 18.0 Å². The number of carbonyl (C=O) groups is 1. The van der Waals surface area contributed by atoms with E-state index < -0.39 is 17.9 Å². The molecule has 2 amide bonds. The maximum absolute atomic E-state index is 12.3. The van der Waals surface area contributed by atoms with Crippen molar-refractivity contribution >= 4 is 22.5 Å². The van der Waals surface area contributed by atoms with Gasteiger partial charge in [-0.1, -0.05) is 19.3 Å². The quantitative estimate of drug-likeness (QED) is 0.875. The van der Waals surface area contributed by atoms with Crippen LogP contribution in [0.25, 0.3) is 0 Å². The fourth-order valence-corrected chi connectivity index (χ4v) is 2.74. The highest BCUT2D eigenvalue weighted by Crippen LogP contribution is 2.31. The minimum absolute atomic E-state index is 0.0411. The highest BCUT2D eigenvalue weighted by molar-refractivity contribution is 7.13. The number of hydrogen-bond acceptors (Lipinski definition) is 3. The first-order valence-electron chi connectivity index (χ1n) is 6.05. The lowest BCUT2D eigenvalue weighted by atomic mass is 9.96. The summed E-state index contributed by atoms with van der Waals surface area (Å²) in [5, 5.41) is 5.93. The molecule has 2 N–H and O–H groups in total. The highest BCUT2D eigenvalue weighted by Gasteiger charge is 2.33. The Morgan fingerprint density at radius 2 is 2.00 bits per heavy atom. The van der Waals surface area contributed by atoms with Crippen molar-refractivity contribution < 1.29 is 18.0 Å². The zero-order valence-corrected chi connectivity index (χ0v) is 10.9. The van der Waals surface area contributed by atoms with Gasteiger partial charge in [0, 0.05) is 11.4 Å². The van der Waals surface area contributed by atoms with Crippen LogP contribution in [-0.2, 0) is 6.18 Å². The average molecular weight is 293 g/mol. The topological polar surface area (TPSA) is 54.0 Å². The minimum atomic E-state index is -4.48. The Labute approximate surface area is 112 Å². The van der Waals surface area contributed by atoms with Crippen LogP contribution < -0.4 is 10.6 Å². The lowest BCUT2D eigenvalue weighted by Crippen LogP contribution is -2.39. The molecule has 19 heavy (non-hydrogen) atoms. The maximum atomic E-state index is 12.3. The molecule has 1 saturated carbocycles. The second kappa shape index (κ2) is 5.77. The number of anilines is 1. The van der Waals surface area contributed by atoms with Crippen molar-refractivity contribution in [2.75, 3.05) is 5.32 Å². The fraction of sp³-hybridized carbons (Fsp3) is 0.636. The first-order chi connectivity index (χ1) is 8.95. The van der Waals surface area contributed by atoms with Crippen LogP contribution in [0.1, 0.15) is 37.8 Å². The van der Waals surface area contributed by atoms with Crippen LogP contribution in [0.2, 0.25) is 0 Å². The number of amides is 2. The molecule has 4 nitrogen and oxygen atoms in total. The second-order valence-corrected chi connectivity index (χ2v) is 5.33. The molecule has 1 fully saturated rings. The Kier molecular flexibility index (Phi) is 4.28. The average Bonchev–Trinajstić information content (AvgIpc) is 2.78. The molecule has 1 aromatic heterocycles. The molecule has 106 valence electrons. The number of nitrogens with one attached hydrogen (secondary N) is 2. The van der Waals surface area contributed by atoms with E-state index in [1.165, 1.54) is 6.42 Å². The molecule has 1 heterocycles. The van der Waals surface area contributed by atoms with Gasteiger partial charge in [-0.15, -0.1) is 11.3 Å². The molecule has 0 radical (unpaired) electrons. The van der Waals surface area contributed by atoms with Gasteiger partial charge in [0.1, 0.15) is 0 Å². The number of hydrogen-bond donors (Lipinski definition) is 2. The van der Waals surface area contributed by atoms with Gasteiger partial charge in [0.15, 0.2) is 10.8 Å². The molecule has 0 atom stereocenters. The van der Waals surface area contributed by atoms with Gasteiger partial charge in [0.2, 0.25) is 0 Å². The Bertz CT molecular complexity index is 441. The van der Waals surface area contributed by atoms with Crippen molar-refractivity contribution in [3.63, 3.8) is 0 Å². The lowest BCUT2D eigenvalue weighted by Gasteiger charge is -2.22. The lowest BCUT2D eigenvalue weighted by molar-refractivity contribution is -0.140. The molecule has 0 saturated heterocycles. The number of urea groups is 1. The number of halogens is 3. The SMILES string of the molecule is O=C(Nc1nc(C(F)(F)F)cs1)NC1CCCCC1. The highest BCUT2D eigenvalue weighted by atomic mass is 32.1. The third-order valence-corrected chi connectivity index (χ3v) is 3.71. The van der Waals surface area contributed by atoms with Gasteiger partial charge < -0.3 is 5.32 Å². The van der Waals surface area contributed by atoms with Crippen molar-refractivity contribution in [2.45, 2.75) is 44.3 Å². The molecule has 2 rings (SSSR count). The molecule has 1 aliphatic rings. The molecular weight excluding hydrogens is 279 g/mol. The Morgan fingerprint density at radius 3 is 2.58 bits per heavy atom. The minimum Gasteiger partial charge on any atom is -0.335 e.